The van der Waals surface area contributed by atoms with Gasteiger partial charge in [-0.25, -0.2) is 0 Å². The molecule has 1 N–H and O–H groups in total. The van der Waals surface area contributed by atoms with Crippen LogP contribution in [0, 0.1) is 5.92 Å². The minimum absolute atomic E-state index is 0.132. The molecule has 3 heterocycles. The van der Waals surface area contributed by atoms with Gasteiger partial charge in [-0.3, -0.25) is 9.80 Å². The molecule has 1 unspecified atom stereocenters. The number of hydrogen-bond acceptors (Lipinski definition) is 4. The van der Waals surface area contributed by atoms with Crippen LogP contribution >= 0.6 is 0 Å². The van der Waals surface area contributed by atoms with E-state index in [9.17, 15) is 5.11 Å². The van der Waals surface area contributed by atoms with Crippen LogP contribution in [0.5, 0.6) is 0 Å². The van der Waals surface area contributed by atoms with Crippen LogP contribution < -0.4 is 0 Å². The zero-order chi connectivity index (χ0) is 15.6. The Morgan fingerprint density at radius 3 is 2.78 bits per heavy atom. The Labute approximate surface area is 139 Å². The number of benzene rings is 1. The van der Waals surface area contributed by atoms with Crippen molar-refractivity contribution >= 4 is 0 Å². The molecule has 1 aromatic carbocycles. The monoisotopic (exact) mass is 316 g/mol. The highest BCUT2D eigenvalue weighted by molar-refractivity contribution is 5.16. The van der Waals surface area contributed by atoms with Crippen molar-refractivity contribution in [3.05, 3.63) is 35.9 Å². The van der Waals surface area contributed by atoms with Gasteiger partial charge in [0, 0.05) is 44.9 Å². The molecule has 0 bridgehead atoms. The second kappa shape index (κ2) is 6.89. The van der Waals surface area contributed by atoms with E-state index in [4.69, 9.17) is 4.74 Å². The Morgan fingerprint density at radius 1 is 1.13 bits per heavy atom. The number of rotatable bonds is 4. The van der Waals surface area contributed by atoms with Crippen LogP contribution in [0.15, 0.2) is 30.3 Å². The second-order valence-electron chi connectivity index (χ2n) is 7.52. The smallest absolute Gasteiger partial charge is 0.0682 e. The van der Waals surface area contributed by atoms with Crippen LogP contribution in [0.25, 0.3) is 0 Å². The van der Waals surface area contributed by atoms with Crippen molar-refractivity contribution in [1.29, 1.82) is 0 Å². The number of fused-ring (bicyclic) bond motifs is 1. The van der Waals surface area contributed by atoms with Crippen molar-refractivity contribution in [2.75, 3.05) is 39.4 Å². The molecular formula is C19H28N2O2. The first-order valence-electron chi connectivity index (χ1n) is 9.06. The van der Waals surface area contributed by atoms with Gasteiger partial charge in [0.15, 0.2) is 0 Å². The first-order chi connectivity index (χ1) is 11.3. The molecule has 0 radical (unpaired) electrons. The van der Waals surface area contributed by atoms with Crippen molar-refractivity contribution in [1.82, 2.24) is 9.80 Å². The maximum atomic E-state index is 10.0. The second-order valence-corrected chi connectivity index (χ2v) is 7.52. The van der Waals surface area contributed by atoms with Crippen LogP contribution in [-0.4, -0.2) is 72.5 Å². The highest BCUT2D eigenvalue weighted by Crippen LogP contribution is 2.28. The lowest BCUT2D eigenvalue weighted by atomic mass is 9.97. The summed E-state index contributed by atoms with van der Waals surface area (Å²) >= 11 is 0. The maximum Gasteiger partial charge on any atom is 0.0682 e. The molecule has 3 saturated heterocycles. The Kier molecular flexibility index (Phi) is 4.67. The molecule has 4 heteroatoms. The van der Waals surface area contributed by atoms with Gasteiger partial charge in [0.25, 0.3) is 0 Å². The average molecular weight is 316 g/mol. The normalized spacial score (nSPS) is 35.5. The molecule has 126 valence electrons. The number of nitrogens with zero attached hydrogens (tertiary/aromatic N) is 2. The van der Waals surface area contributed by atoms with Gasteiger partial charge in [-0.15, -0.1) is 0 Å². The van der Waals surface area contributed by atoms with Gasteiger partial charge in [-0.1, -0.05) is 30.3 Å². The van der Waals surface area contributed by atoms with Crippen LogP contribution in [0.2, 0.25) is 0 Å². The first kappa shape index (κ1) is 15.6. The highest BCUT2D eigenvalue weighted by atomic mass is 16.5. The molecular weight excluding hydrogens is 288 g/mol. The summed E-state index contributed by atoms with van der Waals surface area (Å²) < 4.78 is 5.58. The summed E-state index contributed by atoms with van der Waals surface area (Å²) in [6.07, 6.45) is 3.11. The van der Waals surface area contributed by atoms with E-state index in [0.29, 0.717) is 18.0 Å². The fourth-order valence-electron chi connectivity index (χ4n) is 4.54. The highest BCUT2D eigenvalue weighted by Gasteiger charge is 2.40. The summed E-state index contributed by atoms with van der Waals surface area (Å²) in [7, 11) is 0. The zero-order valence-electron chi connectivity index (χ0n) is 13.8. The molecule has 0 spiro atoms. The van der Waals surface area contributed by atoms with E-state index in [-0.39, 0.29) is 6.10 Å². The van der Waals surface area contributed by atoms with Crippen LogP contribution in [0.1, 0.15) is 18.4 Å². The fraction of sp³-hybridized carbons (Fsp3) is 0.684. The van der Waals surface area contributed by atoms with Gasteiger partial charge in [-0.05, 0) is 30.7 Å². The molecule has 3 fully saturated rings. The quantitative estimate of drug-likeness (QED) is 0.910. The maximum absolute atomic E-state index is 10.0. The third kappa shape index (κ3) is 3.61. The average Bonchev–Trinajstić information content (AvgIpc) is 3.17. The Hall–Kier alpha value is -0.940. The Bertz CT molecular complexity index is 503. The molecule has 3 aliphatic rings. The zero-order valence-corrected chi connectivity index (χ0v) is 13.8. The van der Waals surface area contributed by atoms with Crippen molar-refractivity contribution in [3.63, 3.8) is 0 Å². The van der Waals surface area contributed by atoms with Crippen LogP contribution in [0.3, 0.4) is 0 Å². The van der Waals surface area contributed by atoms with E-state index in [1.54, 1.807) is 0 Å². The van der Waals surface area contributed by atoms with E-state index >= 15 is 0 Å². The molecule has 4 atom stereocenters. The molecule has 0 amide bonds. The van der Waals surface area contributed by atoms with E-state index in [0.717, 1.165) is 52.2 Å². The topological polar surface area (TPSA) is 35.9 Å². The van der Waals surface area contributed by atoms with Crippen LogP contribution in [0.4, 0.5) is 0 Å². The Balaban J connectivity index is 1.47. The molecule has 4 nitrogen and oxygen atoms in total. The SMILES string of the molecule is O[C@@H]1C[C@H]2CN(CC3CCOC3)[C@@H](Cc3ccccc3)CN2C1. The number of hydrogen-bond donors (Lipinski definition) is 1. The van der Waals surface area contributed by atoms with Gasteiger partial charge < -0.3 is 9.84 Å². The Morgan fingerprint density at radius 2 is 2.00 bits per heavy atom. The number of piperazine rings is 1. The number of aliphatic hydroxyl groups excluding tert-OH is 1. The molecule has 23 heavy (non-hydrogen) atoms. The predicted molar refractivity (Wildman–Crippen MR) is 90.4 cm³/mol. The van der Waals surface area contributed by atoms with Crippen molar-refractivity contribution in [2.45, 2.75) is 37.5 Å². The van der Waals surface area contributed by atoms with Gasteiger partial charge in [0.05, 0.1) is 12.7 Å². The summed E-state index contributed by atoms with van der Waals surface area (Å²) in [6, 6.07) is 11.9. The minimum Gasteiger partial charge on any atom is -0.392 e. The van der Waals surface area contributed by atoms with E-state index in [2.05, 4.69) is 40.1 Å². The first-order valence-corrected chi connectivity index (χ1v) is 9.06. The molecule has 0 aliphatic carbocycles. The lowest BCUT2D eigenvalue weighted by Crippen LogP contribution is -2.57. The summed E-state index contributed by atoms with van der Waals surface area (Å²) in [5.41, 5.74) is 1.42. The fourth-order valence-corrected chi connectivity index (χ4v) is 4.54. The predicted octanol–water partition coefficient (Wildman–Crippen LogP) is 1.38. The van der Waals surface area contributed by atoms with Gasteiger partial charge in [0.2, 0.25) is 0 Å². The van der Waals surface area contributed by atoms with Crippen LogP contribution in [-0.2, 0) is 11.2 Å². The summed E-state index contributed by atoms with van der Waals surface area (Å²) in [5.74, 6) is 0.686. The standard InChI is InChI=1S/C19H28N2O2/c22-19-9-18-12-20(10-16-6-7-23-14-16)17(11-21(18)13-19)8-15-4-2-1-3-5-15/h1-5,16-19,22H,6-14H2/t16?,17-,18-,19+/m0/s1. The molecule has 0 saturated carbocycles. The van der Waals surface area contributed by atoms with E-state index < -0.39 is 0 Å². The lowest BCUT2D eigenvalue weighted by molar-refractivity contribution is 0.0374. The summed E-state index contributed by atoms with van der Waals surface area (Å²) in [4.78, 5) is 5.20. The lowest BCUT2D eigenvalue weighted by Gasteiger charge is -2.44. The number of ether oxygens (including phenoxy) is 1. The largest absolute Gasteiger partial charge is 0.392 e. The molecule has 4 rings (SSSR count). The van der Waals surface area contributed by atoms with Gasteiger partial charge >= 0.3 is 0 Å². The third-order valence-electron chi connectivity index (χ3n) is 5.74. The van der Waals surface area contributed by atoms with Crippen molar-refractivity contribution < 1.29 is 9.84 Å². The summed E-state index contributed by atoms with van der Waals surface area (Å²) in [6.45, 7) is 6.05. The van der Waals surface area contributed by atoms with E-state index in [1.165, 1.54) is 12.0 Å². The molecule has 3 aliphatic heterocycles. The van der Waals surface area contributed by atoms with Gasteiger partial charge in [0.1, 0.15) is 0 Å². The summed E-state index contributed by atoms with van der Waals surface area (Å²) in [5, 5.41) is 10.0. The molecule has 1 aromatic rings. The van der Waals surface area contributed by atoms with Crippen molar-refractivity contribution in [3.8, 4) is 0 Å². The molecule has 0 aromatic heterocycles. The number of aliphatic hydroxyl groups is 1. The van der Waals surface area contributed by atoms with Gasteiger partial charge in [-0.2, -0.15) is 0 Å². The third-order valence-corrected chi connectivity index (χ3v) is 5.74. The van der Waals surface area contributed by atoms with Crippen molar-refractivity contribution in [2.24, 2.45) is 5.92 Å². The van der Waals surface area contributed by atoms with E-state index in [1.807, 2.05) is 0 Å². The minimum atomic E-state index is -0.132.